The monoisotopic (exact) mass is 230 g/mol. The van der Waals surface area contributed by atoms with Gasteiger partial charge < -0.3 is 0 Å². The Labute approximate surface area is 67.5 Å². The Balaban J connectivity index is 1.93. The van der Waals surface area contributed by atoms with Crippen molar-refractivity contribution < 1.29 is 0 Å². The highest BCUT2D eigenvalue weighted by atomic mass is 127. The Morgan fingerprint density at radius 3 is 1.44 bits per heavy atom. The van der Waals surface area contributed by atoms with Crippen LogP contribution in [0.3, 0.4) is 0 Å². The molecule has 0 amide bonds. The molecule has 6 fully saturated rings. The Morgan fingerprint density at radius 2 is 1.22 bits per heavy atom. The summed E-state index contributed by atoms with van der Waals surface area (Å²) in [7, 11) is 0. The fourth-order valence-electron chi connectivity index (χ4n) is 5.29. The minimum Gasteiger partial charge on any atom is -0.0779 e. The minimum absolute atomic E-state index is 0.937. The van der Waals surface area contributed by atoms with E-state index in [9.17, 15) is 0 Å². The summed E-state index contributed by atoms with van der Waals surface area (Å²) in [6.07, 6.45) is 0. The third kappa shape index (κ3) is 0.132. The van der Waals surface area contributed by atoms with Crippen molar-refractivity contribution in [2.24, 2.45) is 41.4 Å². The van der Waals surface area contributed by atoms with Crippen molar-refractivity contribution >= 4 is 22.6 Å². The lowest BCUT2D eigenvalue weighted by Crippen LogP contribution is -3.06. The van der Waals surface area contributed by atoms with Crippen LogP contribution in [0.1, 0.15) is 0 Å². The van der Waals surface area contributed by atoms with Crippen LogP contribution in [0.5, 0.6) is 0 Å². The van der Waals surface area contributed by atoms with Crippen molar-refractivity contribution in [1.29, 1.82) is 0 Å². The van der Waals surface area contributed by atoms with Crippen molar-refractivity contribution in [2.45, 2.75) is 3.42 Å². The van der Waals surface area contributed by atoms with Gasteiger partial charge in [-0.1, -0.05) is 22.6 Å². The third-order valence-corrected chi connectivity index (χ3v) is 7.51. The van der Waals surface area contributed by atoms with E-state index in [4.69, 9.17) is 0 Å². The van der Waals surface area contributed by atoms with Crippen LogP contribution in [-0.4, -0.2) is 3.42 Å². The van der Waals surface area contributed by atoms with Crippen LogP contribution in [0, 0.1) is 41.4 Å². The molecule has 0 N–H and O–H groups in total. The second-order valence-corrected chi connectivity index (χ2v) is 6.58. The standard InChI is InChI=1S/C8H7I/c9-8-5-2-1-3(5)7(8)4(1)6(2)8/h1-7H. The van der Waals surface area contributed by atoms with E-state index in [-0.39, 0.29) is 0 Å². The van der Waals surface area contributed by atoms with E-state index in [1.165, 1.54) is 41.4 Å². The zero-order chi connectivity index (χ0) is 5.54. The third-order valence-electron chi connectivity index (χ3n) is 5.35. The largest absolute Gasteiger partial charge is 0.0779 e. The summed E-state index contributed by atoms with van der Waals surface area (Å²) in [6, 6.07) is 0. The molecule has 9 heavy (non-hydrogen) atoms. The van der Waals surface area contributed by atoms with Gasteiger partial charge in [0.1, 0.15) is 0 Å². The maximum Gasteiger partial charge on any atom is 0.0323 e. The smallest absolute Gasteiger partial charge is 0.0323 e. The van der Waals surface area contributed by atoms with Crippen LogP contribution < -0.4 is 0 Å². The molecular weight excluding hydrogens is 223 g/mol. The molecule has 6 aliphatic rings. The van der Waals surface area contributed by atoms with Gasteiger partial charge in [-0.2, -0.15) is 0 Å². The molecule has 46 valence electrons. The molecule has 0 saturated heterocycles. The van der Waals surface area contributed by atoms with Gasteiger partial charge in [0.25, 0.3) is 0 Å². The van der Waals surface area contributed by atoms with E-state index in [1.807, 2.05) is 0 Å². The van der Waals surface area contributed by atoms with Gasteiger partial charge in [0.15, 0.2) is 0 Å². The lowest BCUT2D eigenvalue weighted by atomic mass is 9.01. The molecule has 0 atom stereocenters. The van der Waals surface area contributed by atoms with Gasteiger partial charge in [-0.25, -0.2) is 0 Å². The molecule has 0 aromatic carbocycles. The molecule has 6 aliphatic carbocycles. The zero-order valence-electron chi connectivity index (χ0n) is 4.92. The van der Waals surface area contributed by atoms with E-state index in [1.54, 1.807) is 0 Å². The summed E-state index contributed by atoms with van der Waals surface area (Å²) in [5.41, 5.74) is 0. The first-order chi connectivity index (χ1) is 4.37. The Hall–Kier alpha value is 0.730. The minimum atomic E-state index is 0.937. The highest BCUT2D eigenvalue weighted by molar-refractivity contribution is 14.1. The fourth-order valence-corrected chi connectivity index (χ4v) is 7.78. The molecule has 0 nitrogen and oxygen atoms in total. The number of alkyl halides is 1. The Bertz CT molecular complexity index is 206. The van der Waals surface area contributed by atoms with Crippen LogP contribution in [0.2, 0.25) is 0 Å². The molecule has 0 bridgehead atoms. The molecule has 0 radical (unpaired) electrons. The number of halogens is 1. The van der Waals surface area contributed by atoms with Gasteiger partial charge in [0.05, 0.1) is 0 Å². The van der Waals surface area contributed by atoms with Crippen LogP contribution in [-0.2, 0) is 0 Å². The van der Waals surface area contributed by atoms with Crippen molar-refractivity contribution in [1.82, 2.24) is 0 Å². The van der Waals surface area contributed by atoms with Gasteiger partial charge >= 0.3 is 0 Å². The van der Waals surface area contributed by atoms with Crippen LogP contribution in [0.4, 0.5) is 0 Å². The molecule has 0 spiro atoms. The average molecular weight is 230 g/mol. The van der Waals surface area contributed by atoms with Gasteiger partial charge in [0.2, 0.25) is 0 Å². The topological polar surface area (TPSA) is 0 Å². The maximum absolute atomic E-state index is 2.78. The van der Waals surface area contributed by atoms with Gasteiger partial charge in [-0.15, -0.1) is 0 Å². The molecule has 0 aromatic rings. The maximum atomic E-state index is 2.78. The fraction of sp³-hybridized carbons (Fsp3) is 1.00. The quantitative estimate of drug-likeness (QED) is 0.437. The SMILES string of the molecule is IC12C3C4C5C3C1C5C42. The molecule has 0 unspecified atom stereocenters. The van der Waals surface area contributed by atoms with E-state index in [2.05, 4.69) is 22.6 Å². The normalized spacial score (nSPS) is 106. The molecule has 0 aliphatic heterocycles. The van der Waals surface area contributed by atoms with E-state index in [0.29, 0.717) is 0 Å². The van der Waals surface area contributed by atoms with Crippen LogP contribution in [0.25, 0.3) is 0 Å². The first-order valence-corrected chi connectivity index (χ1v) is 5.13. The number of hydrogen-bond acceptors (Lipinski definition) is 0. The first kappa shape index (κ1) is 3.93. The molecular formula is C8H7I. The Kier molecular flexibility index (Phi) is 0.297. The van der Waals surface area contributed by atoms with Gasteiger partial charge in [0, 0.05) is 3.42 Å². The summed E-state index contributed by atoms with van der Waals surface area (Å²) in [4.78, 5) is 0. The second kappa shape index (κ2) is 0.678. The van der Waals surface area contributed by atoms with Crippen LogP contribution in [0.15, 0.2) is 0 Å². The predicted octanol–water partition coefficient (Wildman–Crippen LogP) is 1.54. The van der Waals surface area contributed by atoms with Crippen molar-refractivity contribution in [3.8, 4) is 0 Å². The predicted molar refractivity (Wildman–Crippen MR) is 41.2 cm³/mol. The number of rotatable bonds is 0. The van der Waals surface area contributed by atoms with E-state index >= 15 is 0 Å². The van der Waals surface area contributed by atoms with Gasteiger partial charge in [-0.05, 0) is 41.4 Å². The van der Waals surface area contributed by atoms with E-state index < -0.39 is 0 Å². The summed E-state index contributed by atoms with van der Waals surface area (Å²) in [5.74, 6) is 8.99. The van der Waals surface area contributed by atoms with E-state index in [0.717, 1.165) is 3.42 Å². The highest BCUT2D eigenvalue weighted by Gasteiger charge is 3.03. The summed E-state index contributed by atoms with van der Waals surface area (Å²) >= 11 is 2.78. The van der Waals surface area contributed by atoms with Crippen LogP contribution >= 0.6 is 22.6 Å². The highest BCUT2D eigenvalue weighted by Crippen LogP contribution is 3.04. The summed E-state index contributed by atoms with van der Waals surface area (Å²) < 4.78 is 0.937. The average Bonchev–Trinajstić information content (AvgIpc) is 1.88. The number of hydrogen-bond donors (Lipinski definition) is 0. The molecule has 6 rings (SSSR count). The van der Waals surface area contributed by atoms with Gasteiger partial charge in [-0.3, -0.25) is 0 Å². The molecule has 1 heteroatoms. The molecule has 0 aromatic heterocycles. The lowest BCUT2D eigenvalue weighted by molar-refractivity contribution is -0.538. The Morgan fingerprint density at radius 1 is 0.778 bits per heavy atom. The van der Waals surface area contributed by atoms with Crippen molar-refractivity contribution in [3.05, 3.63) is 0 Å². The van der Waals surface area contributed by atoms with Crippen molar-refractivity contribution in [3.63, 3.8) is 0 Å². The molecule has 6 saturated carbocycles. The zero-order valence-corrected chi connectivity index (χ0v) is 7.08. The first-order valence-electron chi connectivity index (χ1n) is 4.06. The second-order valence-electron chi connectivity index (χ2n) is 4.71. The lowest BCUT2D eigenvalue weighted by Gasteiger charge is -3.06. The summed E-state index contributed by atoms with van der Waals surface area (Å²) in [6.45, 7) is 0. The summed E-state index contributed by atoms with van der Waals surface area (Å²) in [5, 5.41) is 0. The molecule has 0 heterocycles. The van der Waals surface area contributed by atoms with Crippen molar-refractivity contribution in [2.75, 3.05) is 0 Å².